The second-order valence-electron chi connectivity index (χ2n) is 4.37. The van der Waals surface area contributed by atoms with Crippen LogP contribution in [0.5, 0.6) is 0 Å². The van der Waals surface area contributed by atoms with Gasteiger partial charge in [0.1, 0.15) is 5.82 Å². The van der Waals surface area contributed by atoms with Crippen LogP contribution in [-0.2, 0) is 0 Å². The Hall–Kier alpha value is -2.44. The molecule has 2 aromatic rings. The lowest BCUT2D eigenvalue weighted by Gasteiger charge is -2.00. The van der Waals surface area contributed by atoms with E-state index >= 15 is 0 Å². The van der Waals surface area contributed by atoms with E-state index in [1.807, 2.05) is 0 Å². The fourth-order valence-corrected chi connectivity index (χ4v) is 1.63. The molecule has 1 amide bonds. The minimum absolute atomic E-state index is 0.0259. The molecule has 1 aliphatic carbocycles. The van der Waals surface area contributed by atoms with Gasteiger partial charge in [-0.25, -0.2) is 4.39 Å². The highest BCUT2D eigenvalue weighted by atomic mass is 19.1. The number of nitrogens with two attached hydrogens (primary N) is 1. The van der Waals surface area contributed by atoms with Crippen LogP contribution in [0.25, 0.3) is 11.5 Å². The van der Waals surface area contributed by atoms with Crippen LogP contribution < -0.4 is 11.1 Å². The maximum atomic E-state index is 13.3. The smallest absolute Gasteiger partial charge is 0.292 e. The van der Waals surface area contributed by atoms with Crippen molar-refractivity contribution in [2.24, 2.45) is 0 Å². The number of nitrogen functional groups attached to an aromatic ring is 1. The maximum Gasteiger partial charge on any atom is 0.292 e. The molecule has 0 unspecified atom stereocenters. The zero-order valence-electron chi connectivity index (χ0n) is 9.89. The summed E-state index contributed by atoms with van der Waals surface area (Å²) < 4.78 is 18.3. The van der Waals surface area contributed by atoms with Crippen molar-refractivity contribution in [2.45, 2.75) is 18.9 Å². The maximum absolute atomic E-state index is 13.3. The highest BCUT2D eigenvalue weighted by molar-refractivity contribution is 5.91. The minimum Gasteiger partial charge on any atom is -0.396 e. The Labute approximate surface area is 107 Å². The molecule has 0 saturated heterocycles. The van der Waals surface area contributed by atoms with Crippen molar-refractivity contribution in [2.75, 3.05) is 5.73 Å². The van der Waals surface area contributed by atoms with Crippen LogP contribution in [0.2, 0.25) is 0 Å². The first-order valence-electron chi connectivity index (χ1n) is 5.84. The Morgan fingerprint density at radius 2 is 2.26 bits per heavy atom. The van der Waals surface area contributed by atoms with Gasteiger partial charge >= 0.3 is 0 Å². The van der Waals surface area contributed by atoms with Crippen molar-refractivity contribution in [3.05, 3.63) is 29.8 Å². The number of benzene rings is 1. The first kappa shape index (κ1) is 11.6. The SMILES string of the molecule is Nc1c(F)cccc1-c1nc(C(=O)NC2CC2)no1. The van der Waals surface area contributed by atoms with Gasteiger partial charge in [0.15, 0.2) is 0 Å². The summed E-state index contributed by atoms with van der Waals surface area (Å²) >= 11 is 0. The molecule has 19 heavy (non-hydrogen) atoms. The number of rotatable bonds is 3. The number of anilines is 1. The molecule has 1 aromatic heterocycles. The van der Waals surface area contributed by atoms with E-state index in [0.29, 0.717) is 0 Å². The molecule has 1 aliphatic rings. The lowest BCUT2D eigenvalue weighted by atomic mass is 10.2. The predicted octanol–water partition coefficient (Wildman–Crippen LogP) is 1.35. The van der Waals surface area contributed by atoms with Gasteiger partial charge in [-0.15, -0.1) is 0 Å². The third-order valence-corrected chi connectivity index (χ3v) is 2.83. The molecule has 98 valence electrons. The van der Waals surface area contributed by atoms with Crippen LogP contribution in [0.1, 0.15) is 23.5 Å². The molecule has 1 saturated carbocycles. The molecule has 0 spiro atoms. The van der Waals surface area contributed by atoms with Gasteiger partial charge in [-0.2, -0.15) is 4.98 Å². The quantitative estimate of drug-likeness (QED) is 0.814. The third-order valence-electron chi connectivity index (χ3n) is 2.83. The Morgan fingerprint density at radius 1 is 1.47 bits per heavy atom. The summed E-state index contributed by atoms with van der Waals surface area (Å²) in [4.78, 5) is 15.6. The van der Waals surface area contributed by atoms with Crippen molar-refractivity contribution >= 4 is 11.6 Å². The summed E-state index contributed by atoms with van der Waals surface area (Å²) in [6, 6.07) is 4.47. The van der Waals surface area contributed by atoms with Crippen molar-refractivity contribution in [3.63, 3.8) is 0 Å². The molecule has 3 N–H and O–H groups in total. The van der Waals surface area contributed by atoms with Crippen molar-refractivity contribution in [3.8, 4) is 11.5 Å². The van der Waals surface area contributed by atoms with Gasteiger partial charge in [0.2, 0.25) is 0 Å². The zero-order valence-corrected chi connectivity index (χ0v) is 9.89. The van der Waals surface area contributed by atoms with E-state index < -0.39 is 11.7 Å². The van der Waals surface area contributed by atoms with Crippen molar-refractivity contribution in [1.29, 1.82) is 0 Å². The van der Waals surface area contributed by atoms with Gasteiger partial charge in [-0.05, 0) is 25.0 Å². The van der Waals surface area contributed by atoms with E-state index in [9.17, 15) is 9.18 Å². The summed E-state index contributed by atoms with van der Waals surface area (Å²) in [6.07, 6.45) is 1.93. The van der Waals surface area contributed by atoms with E-state index in [1.54, 1.807) is 6.07 Å². The number of nitrogens with zero attached hydrogens (tertiary/aromatic N) is 2. The minimum atomic E-state index is -0.570. The van der Waals surface area contributed by atoms with Crippen LogP contribution in [0.3, 0.4) is 0 Å². The number of halogens is 1. The fraction of sp³-hybridized carbons (Fsp3) is 0.250. The van der Waals surface area contributed by atoms with Crippen molar-refractivity contribution < 1.29 is 13.7 Å². The molecule has 1 heterocycles. The zero-order chi connectivity index (χ0) is 13.4. The number of nitrogens with one attached hydrogen (secondary N) is 1. The number of carbonyl (C=O) groups is 1. The van der Waals surface area contributed by atoms with E-state index in [0.717, 1.165) is 12.8 Å². The summed E-state index contributed by atoms with van der Waals surface area (Å²) in [5, 5.41) is 6.30. The highest BCUT2D eigenvalue weighted by Gasteiger charge is 2.26. The summed E-state index contributed by atoms with van der Waals surface area (Å²) in [7, 11) is 0. The topological polar surface area (TPSA) is 94.0 Å². The Morgan fingerprint density at radius 3 is 3.00 bits per heavy atom. The van der Waals surface area contributed by atoms with Gasteiger partial charge in [0.05, 0.1) is 11.3 Å². The first-order valence-corrected chi connectivity index (χ1v) is 5.84. The molecule has 3 rings (SSSR count). The van der Waals surface area contributed by atoms with E-state index in [4.69, 9.17) is 10.3 Å². The standard InChI is InChI=1S/C12H11FN4O2/c13-8-3-1-2-7(9(8)14)12-16-10(17-19-12)11(18)15-6-4-5-6/h1-3,6H,4-5,14H2,(H,15,18). The Bertz CT molecular complexity index is 636. The van der Waals surface area contributed by atoms with E-state index in [-0.39, 0.29) is 29.0 Å². The number of aromatic nitrogens is 2. The van der Waals surface area contributed by atoms with Gasteiger partial charge in [-0.1, -0.05) is 11.2 Å². The lowest BCUT2D eigenvalue weighted by Crippen LogP contribution is -2.26. The van der Waals surface area contributed by atoms with Gasteiger partial charge < -0.3 is 15.6 Å². The predicted molar refractivity (Wildman–Crippen MR) is 64.6 cm³/mol. The monoisotopic (exact) mass is 262 g/mol. The molecular formula is C12H11FN4O2. The molecule has 0 bridgehead atoms. The Kier molecular flexibility index (Phi) is 2.66. The second-order valence-corrected chi connectivity index (χ2v) is 4.37. The number of para-hydroxylation sites is 1. The number of hydrogen-bond donors (Lipinski definition) is 2. The molecule has 7 heteroatoms. The summed E-state index contributed by atoms with van der Waals surface area (Å²) in [5.74, 6) is -1.02. The Balaban J connectivity index is 1.87. The average molecular weight is 262 g/mol. The van der Waals surface area contributed by atoms with Crippen LogP contribution >= 0.6 is 0 Å². The summed E-state index contributed by atoms with van der Waals surface area (Å²) in [6.45, 7) is 0. The molecule has 1 fully saturated rings. The molecule has 0 radical (unpaired) electrons. The number of hydrogen-bond acceptors (Lipinski definition) is 5. The largest absolute Gasteiger partial charge is 0.396 e. The van der Waals surface area contributed by atoms with Crippen LogP contribution in [0, 0.1) is 5.82 Å². The highest BCUT2D eigenvalue weighted by Crippen LogP contribution is 2.26. The van der Waals surface area contributed by atoms with Gasteiger partial charge in [0, 0.05) is 6.04 Å². The van der Waals surface area contributed by atoms with Crippen LogP contribution in [0.15, 0.2) is 22.7 Å². The van der Waals surface area contributed by atoms with Crippen LogP contribution in [0.4, 0.5) is 10.1 Å². The van der Waals surface area contributed by atoms with Gasteiger partial charge in [0.25, 0.3) is 17.6 Å². The van der Waals surface area contributed by atoms with Crippen LogP contribution in [-0.4, -0.2) is 22.1 Å². The normalized spacial score (nSPS) is 14.4. The lowest BCUT2D eigenvalue weighted by molar-refractivity contribution is 0.0937. The molecule has 1 aromatic carbocycles. The third kappa shape index (κ3) is 2.26. The average Bonchev–Trinajstić information content (AvgIpc) is 3.06. The second kappa shape index (κ2) is 4.34. The van der Waals surface area contributed by atoms with E-state index in [1.165, 1.54) is 12.1 Å². The number of carbonyl (C=O) groups excluding carboxylic acids is 1. The molecular weight excluding hydrogens is 251 g/mol. The van der Waals surface area contributed by atoms with Crippen molar-refractivity contribution in [1.82, 2.24) is 15.5 Å². The van der Waals surface area contributed by atoms with E-state index in [2.05, 4.69) is 15.5 Å². The van der Waals surface area contributed by atoms with Gasteiger partial charge in [-0.3, -0.25) is 4.79 Å². The number of amides is 1. The summed E-state index contributed by atoms with van der Waals surface area (Å²) in [5.41, 5.74) is 5.78. The molecule has 6 nitrogen and oxygen atoms in total. The first-order chi connectivity index (χ1) is 9.15. The fourth-order valence-electron chi connectivity index (χ4n) is 1.63. The molecule has 0 atom stereocenters. The molecule has 0 aliphatic heterocycles.